The lowest BCUT2D eigenvalue weighted by Crippen LogP contribution is -2.01. The molecular weight excluding hydrogens is 304 g/mol. The third-order valence-electron chi connectivity index (χ3n) is 4.07. The van der Waals surface area contributed by atoms with E-state index in [9.17, 15) is 4.79 Å². The lowest BCUT2D eigenvalue weighted by molar-refractivity contribution is 0.0603. The number of aryl methyl sites for hydroxylation is 1. The maximum atomic E-state index is 12.0. The van der Waals surface area contributed by atoms with Crippen LogP contribution in [0.1, 0.15) is 29.3 Å². The van der Waals surface area contributed by atoms with Gasteiger partial charge in [0.15, 0.2) is 11.3 Å². The highest BCUT2D eigenvalue weighted by Gasteiger charge is 2.19. The molecule has 0 aliphatic carbocycles. The van der Waals surface area contributed by atoms with Crippen molar-refractivity contribution < 1.29 is 18.7 Å². The van der Waals surface area contributed by atoms with E-state index in [0.29, 0.717) is 22.3 Å². The molecule has 0 fully saturated rings. The van der Waals surface area contributed by atoms with Crippen LogP contribution in [0.4, 0.5) is 0 Å². The summed E-state index contributed by atoms with van der Waals surface area (Å²) in [5.74, 6) is 0.928. The predicted molar refractivity (Wildman–Crippen MR) is 93.5 cm³/mol. The SMILES string of the molecule is CCCc1ccccc1-c1cc2c(C(=O)OC)ccc(OC)c2o1. The molecule has 3 rings (SSSR count). The standard InChI is InChI=1S/C20H20O4/c1-4-7-13-8-5-6-9-14(13)18-12-16-15(20(21)23-3)10-11-17(22-2)19(16)24-18/h5-6,8-12H,4,7H2,1-3H3. The first-order valence-electron chi connectivity index (χ1n) is 7.96. The van der Waals surface area contributed by atoms with Gasteiger partial charge in [0.05, 0.1) is 19.8 Å². The molecule has 0 saturated carbocycles. The molecule has 1 heterocycles. The van der Waals surface area contributed by atoms with E-state index in [-0.39, 0.29) is 0 Å². The van der Waals surface area contributed by atoms with Gasteiger partial charge in [-0.1, -0.05) is 37.6 Å². The van der Waals surface area contributed by atoms with Gasteiger partial charge < -0.3 is 13.9 Å². The predicted octanol–water partition coefficient (Wildman–Crippen LogP) is 4.85. The number of benzene rings is 2. The summed E-state index contributed by atoms with van der Waals surface area (Å²) in [6, 6.07) is 13.5. The number of methoxy groups -OCH3 is 2. The Labute approximate surface area is 141 Å². The van der Waals surface area contributed by atoms with E-state index in [2.05, 4.69) is 13.0 Å². The second-order valence-corrected chi connectivity index (χ2v) is 5.57. The molecule has 0 atom stereocenters. The van der Waals surface area contributed by atoms with Gasteiger partial charge >= 0.3 is 5.97 Å². The third-order valence-corrected chi connectivity index (χ3v) is 4.07. The van der Waals surface area contributed by atoms with Crippen LogP contribution in [0, 0.1) is 0 Å². The number of furan rings is 1. The fourth-order valence-electron chi connectivity index (χ4n) is 2.93. The first kappa shape index (κ1) is 16.1. The Morgan fingerprint density at radius 2 is 1.92 bits per heavy atom. The lowest BCUT2D eigenvalue weighted by Gasteiger charge is -2.05. The maximum Gasteiger partial charge on any atom is 0.338 e. The first-order chi connectivity index (χ1) is 11.7. The molecule has 0 N–H and O–H groups in total. The van der Waals surface area contributed by atoms with Crippen LogP contribution in [0.3, 0.4) is 0 Å². The fraction of sp³-hybridized carbons (Fsp3) is 0.250. The molecule has 24 heavy (non-hydrogen) atoms. The van der Waals surface area contributed by atoms with Gasteiger partial charge in [0.2, 0.25) is 0 Å². The Balaban J connectivity index is 2.23. The monoisotopic (exact) mass is 324 g/mol. The molecule has 0 aliphatic rings. The summed E-state index contributed by atoms with van der Waals surface area (Å²) in [5.41, 5.74) is 3.28. The molecule has 0 unspecified atom stereocenters. The van der Waals surface area contributed by atoms with Gasteiger partial charge in [-0.15, -0.1) is 0 Å². The van der Waals surface area contributed by atoms with Gasteiger partial charge in [0.1, 0.15) is 5.76 Å². The Kier molecular flexibility index (Phi) is 4.56. The Hall–Kier alpha value is -2.75. The average Bonchev–Trinajstić information content (AvgIpc) is 3.06. The van der Waals surface area contributed by atoms with Crippen molar-refractivity contribution in [3.05, 3.63) is 53.6 Å². The van der Waals surface area contributed by atoms with Crippen molar-refractivity contribution in [3.63, 3.8) is 0 Å². The van der Waals surface area contributed by atoms with E-state index in [4.69, 9.17) is 13.9 Å². The zero-order valence-corrected chi connectivity index (χ0v) is 14.1. The largest absolute Gasteiger partial charge is 0.493 e. The molecule has 0 saturated heterocycles. The normalized spacial score (nSPS) is 10.8. The molecule has 2 aromatic carbocycles. The summed E-state index contributed by atoms with van der Waals surface area (Å²) in [6.45, 7) is 2.15. The van der Waals surface area contributed by atoms with Crippen LogP contribution in [0.25, 0.3) is 22.3 Å². The number of rotatable bonds is 5. The highest BCUT2D eigenvalue weighted by atomic mass is 16.5. The Bertz CT molecular complexity index is 876. The van der Waals surface area contributed by atoms with E-state index in [0.717, 1.165) is 24.2 Å². The third kappa shape index (κ3) is 2.75. The molecule has 4 nitrogen and oxygen atoms in total. The summed E-state index contributed by atoms with van der Waals surface area (Å²) in [5, 5.41) is 0.697. The van der Waals surface area contributed by atoms with Crippen LogP contribution >= 0.6 is 0 Å². The molecule has 0 spiro atoms. The second-order valence-electron chi connectivity index (χ2n) is 5.57. The van der Waals surface area contributed by atoms with E-state index in [1.807, 2.05) is 24.3 Å². The quantitative estimate of drug-likeness (QED) is 0.630. The number of carbonyl (C=O) groups is 1. The van der Waals surface area contributed by atoms with Crippen LogP contribution in [0.5, 0.6) is 5.75 Å². The van der Waals surface area contributed by atoms with Crippen LogP contribution < -0.4 is 4.74 Å². The molecule has 124 valence electrons. The second kappa shape index (κ2) is 6.79. The van der Waals surface area contributed by atoms with Crippen LogP contribution in [0.2, 0.25) is 0 Å². The van der Waals surface area contributed by atoms with E-state index in [1.165, 1.54) is 12.7 Å². The van der Waals surface area contributed by atoms with Crippen molar-refractivity contribution in [2.75, 3.05) is 14.2 Å². The molecule has 4 heteroatoms. The molecule has 0 aliphatic heterocycles. The molecule has 3 aromatic rings. The summed E-state index contributed by atoms with van der Waals surface area (Å²) < 4.78 is 16.3. The number of carbonyl (C=O) groups excluding carboxylic acids is 1. The number of hydrogen-bond acceptors (Lipinski definition) is 4. The van der Waals surface area contributed by atoms with Gasteiger partial charge in [0, 0.05) is 10.9 Å². The molecule has 1 aromatic heterocycles. The minimum absolute atomic E-state index is 0.392. The Morgan fingerprint density at radius 1 is 1.12 bits per heavy atom. The average molecular weight is 324 g/mol. The van der Waals surface area contributed by atoms with Crippen LogP contribution in [0.15, 0.2) is 46.9 Å². The molecule has 0 amide bonds. The van der Waals surface area contributed by atoms with Crippen molar-refractivity contribution in [1.82, 2.24) is 0 Å². The Morgan fingerprint density at radius 3 is 2.62 bits per heavy atom. The summed E-state index contributed by atoms with van der Waals surface area (Å²) in [4.78, 5) is 12.0. The minimum atomic E-state index is -0.392. The highest BCUT2D eigenvalue weighted by molar-refractivity contribution is 6.06. The first-order valence-corrected chi connectivity index (χ1v) is 7.96. The zero-order chi connectivity index (χ0) is 17.1. The zero-order valence-electron chi connectivity index (χ0n) is 14.1. The molecule has 0 bridgehead atoms. The number of fused-ring (bicyclic) bond motifs is 1. The van der Waals surface area contributed by atoms with Crippen molar-refractivity contribution in [2.24, 2.45) is 0 Å². The van der Waals surface area contributed by atoms with E-state index < -0.39 is 5.97 Å². The van der Waals surface area contributed by atoms with Gasteiger partial charge in [0.25, 0.3) is 0 Å². The number of hydrogen-bond donors (Lipinski definition) is 0. The molecular formula is C20H20O4. The topological polar surface area (TPSA) is 48.7 Å². The van der Waals surface area contributed by atoms with Gasteiger partial charge in [-0.3, -0.25) is 0 Å². The van der Waals surface area contributed by atoms with Crippen molar-refractivity contribution in [1.29, 1.82) is 0 Å². The fourth-order valence-corrected chi connectivity index (χ4v) is 2.93. The number of esters is 1. The summed E-state index contributed by atoms with van der Waals surface area (Å²) >= 11 is 0. The van der Waals surface area contributed by atoms with Gasteiger partial charge in [-0.05, 0) is 30.2 Å². The highest BCUT2D eigenvalue weighted by Crippen LogP contribution is 2.37. The summed E-state index contributed by atoms with van der Waals surface area (Å²) in [7, 11) is 2.95. The van der Waals surface area contributed by atoms with Gasteiger partial charge in [-0.2, -0.15) is 0 Å². The summed E-state index contributed by atoms with van der Waals surface area (Å²) in [6.07, 6.45) is 2.02. The lowest BCUT2D eigenvalue weighted by atomic mass is 10.0. The van der Waals surface area contributed by atoms with Gasteiger partial charge in [-0.25, -0.2) is 4.79 Å². The van der Waals surface area contributed by atoms with Crippen LogP contribution in [-0.2, 0) is 11.2 Å². The van der Waals surface area contributed by atoms with Crippen molar-refractivity contribution >= 4 is 16.9 Å². The maximum absolute atomic E-state index is 12.0. The number of ether oxygens (including phenoxy) is 2. The smallest absolute Gasteiger partial charge is 0.338 e. The van der Waals surface area contributed by atoms with Crippen molar-refractivity contribution in [3.8, 4) is 17.1 Å². The van der Waals surface area contributed by atoms with Crippen LogP contribution in [-0.4, -0.2) is 20.2 Å². The minimum Gasteiger partial charge on any atom is -0.493 e. The molecule has 0 radical (unpaired) electrons. The van der Waals surface area contributed by atoms with E-state index in [1.54, 1.807) is 19.2 Å². The van der Waals surface area contributed by atoms with Crippen molar-refractivity contribution in [2.45, 2.75) is 19.8 Å². The van der Waals surface area contributed by atoms with E-state index >= 15 is 0 Å².